The third-order valence-corrected chi connectivity index (χ3v) is 4.29. The Bertz CT molecular complexity index is 636. The van der Waals surface area contributed by atoms with Gasteiger partial charge in [-0.05, 0) is 37.3 Å². The third kappa shape index (κ3) is 1.71. The van der Waals surface area contributed by atoms with E-state index in [0.717, 1.165) is 16.1 Å². The standard InChI is InChI=1S/C15H13NOS/c1-10(17)11-7-8-13-15(9-11)18-14-6-4-3-5-12(14)16(13)2/h3-9H,1-2H3. The molecule has 2 nitrogen and oxygen atoms in total. The summed E-state index contributed by atoms with van der Waals surface area (Å²) in [7, 11) is 2.06. The van der Waals surface area contributed by atoms with E-state index in [1.807, 2.05) is 30.3 Å². The van der Waals surface area contributed by atoms with Gasteiger partial charge in [-0.1, -0.05) is 23.9 Å². The fraction of sp³-hybridized carbons (Fsp3) is 0.133. The molecule has 0 N–H and O–H groups in total. The number of para-hydroxylation sites is 1. The lowest BCUT2D eigenvalue weighted by molar-refractivity contribution is 0.101. The minimum atomic E-state index is 0.111. The van der Waals surface area contributed by atoms with Gasteiger partial charge < -0.3 is 4.90 Å². The van der Waals surface area contributed by atoms with E-state index in [9.17, 15) is 4.79 Å². The van der Waals surface area contributed by atoms with Crippen molar-refractivity contribution in [2.45, 2.75) is 16.7 Å². The Labute approximate surface area is 111 Å². The molecule has 0 saturated heterocycles. The summed E-state index contributed by atoms with van der Waals surface area (Å²) in [6, 6.07) is 14.2. The van der Waals surface area contributed by atoms with Crippen molar-refractivity contribution in [2.24, 2.45) is 0 Å². The van der Waals surface area contributed by atoms with Crippen molar-refractivity contribution in [3.63, 3.8) is 0 Å². The van der Waals surface area contributed by atoms with Crippen LogP contribution in [0.2, 0.25) is 0 Å². The molecule has 0 aliphatic carbocycles. The van der Waals surface area contributed by atoms with Gasteiger partial charge in [-0.2, -0.15) is 0 Å². The second-order valence-corrected chi connectivity index (χ2v) is 5.45. The molecule has 0 radical (unpaired) electrons. The molecule has 90 valence electrons. The first-order valence-corrected chi connectivity index (χ1v) is 6.64. The number of fused-ring (bicyclic) bond motifs is 2. The number of carbonyl (C=O) groups is 1. The van der Waals surface area contributed by atoms with Crippen LogP contribution in [0.3, 0.4) is 0 Å². The van der Waals surface area contributed by atoms with E-state index in [1.165, 1.54) is 10.6 Å². The molecule has 0 spiro atoms. The fourth-order valence-electron chi connectivity index (χ4n) is 2.16. The molecule has 0 unspecified atom stereocenters. The van der Waals surface area contributed by atoms with Crippen LogP contribution in [0.25, 0.3) is 0 Å². The maximum absolute atomic E-state index is 11.4. The summed E-state index contributed by atoms with van der Waals surface area (Å²) in [6.07, 6.45) is 0. The van der Waals surface area contributed by atoms with Crippen LogP contribution in [0.4, 0.5) is 11.4 Å². The van der Waals surface area contributed by atoms with E-state index in [1.54, 1.807) is 18.7 Å². The predicted octanol–water partition coefficient (Wildman–Crippen LogP) is 4.12. The molecule has 3 heteroatoms. The van der Waals surface area contributed by atoms with Crippen LogP contribution < -0.4 is 4.90 Å². The average molecular weight is 255 g/mol. The van der Waals surface area contributed by atoms with Crippen molar-refractivity contribution >= 4 is 28.9 Å². The van der Waals surface area contributed by atoms with Crippen LogP contribution >= 0.6 is 11.8 Å². The lowest BCUT2D eigenvalue weighted by Gasteiger charge is -2.29. The molecule has 1 aliphatic rings. The highest BCUT2D eigenvalue weighted by Crippen LogP contribution is 2.47. The Morgan fingerprint density at radius 2 is 1.78 bits per heavy atom. The number of carbonyl (C=O) groups excluding carboxylic acids is 1. The van der Waals surface area contributed by atoms with Gasteiger partial charge in [0.1, 0.15) is 0 Å². The van der Waals surface area contributed by atoms with Gasteiger partial charge in [0.2, 0.25) is 0 Å². The summed E-state index contributed by atoms with van der Waals surface area (Å²) in [6.45, 7) is 1.60. The van der Waals surface area contributed by atoms with Crippen LogP contribution in [-0.4, -0.2) is 12.8 Å². The zero-order valence-electron chi connectivity index (χ0n) is 10.3. The van der Waals surface area contributed by atoms with Gasteiger partial charge in [0, 0.05) is 22.4 Å². The smallest absolute Gasteiger partial charge is 0.159 e. The number of anilines is 2. The SMILES string of the molecule is CC(=O)c1ccc2c(c1)Sc1ccccc1N2C. The molecule has 2 aromatic carbocycles. The van der Waals surface area contributed by atoms with Crippen LogP contribution in [0, 0.1) is 0 Å². The second-order valence-electron chi connectivity index (χ2n) is 4.37. The topological polar surface area (TPSA) is 20.3 Å². The van der Waals surface area contributed by atoms with Gasteiger partial charge in [-0.3, -0.25) is 4.79 Å². The number of ketones is 1. The summed E-state index contributed by atoms with van der Waals surface area (Å²) in [4.78, 5) is 16.0. The molecule has 0 fully saturated rings. The van der Waals surface area contributed by atoms with E-state index in [-0.39, 0.29) is 5.78 Å². The van der Waals surface area contributed by atoms with Crippen molar-refractivity contribution in [2.75, 3.05) is 11.9 Å². The number of rotatable bonds is 1. The number of benzene rings is 2. The highest BCUT2D eigenvalue weighted by atomic mass is 32.2. The summed E-state index contributed by atoms with van der Waals surface area (Å²) >= 11 is 1.72. The van der Waals surface area contributed by atoms with E-state index < -0.39 is 0 Å². The number of hydrogen-bond donors (Lipinski definition) is 0. The van der Waals surface area contributed by atoms with Gasteiger partial charge in [-0.25, -0.2) is 0 Å². The first-order chi connectivity index (χ1) is 8.66. The van der Waals surface area contributed by atoms with Gasteiger partial charge in [-0.15, -0.1) is 0 Å². The molecule has 0 bridgehead atoms. The third-order valence-electron chi connectivity index (χ3n) is 3.17. The highest BCUT2D eigenvalue weighted by Gasteiger charge is 2.20. The van der Waals surface area contributed by atoms with E-state index in [0.29, 0.717) is 0 Å². The van der Waals surface area contributed by atoms with Crippen molar-refractivity contribution in [1.82, 2.24) is 0 Å². The molecular weight excluding hydrogens is 242 g/mol. The van der Waals surface area contributed by atoms with Gasteiger partial charge in [0.15, 0.2) is 5.78 Å². The largest absolute Gasteiger partial charge is 0.343 e. The first kappa shape index (κ1) is 11.4. The summed E-state index contributed by atoms with van der Waals surface area (Å²) in [5.41, 5.74) is 3.14. The van der Waals surface area contributed by atoms with Crippen molar-refractivity contribution in [3.05, 3.63) is 48.0 Å². The molecule has 0 amide bonds. The minimum absolute atomic E-state index is 0.111. The first-order valence-electron chi connectivity index (χ1n) is 5.82. The van der Waals surface area contributed by atoms with Crippen LogP contribution in [0.5, 0.6) is 0 Å². The van der Waals surface area contributed by atoms with Crippen LogP contribution in [-0.2, 0) is 0 Å². The Balaban J connectivity index is 2.13. The molecule has 18 heavy (non-hydrogen) atoms. The molecule has 1 heterocycles. The Morgan fingerprint density at radius 3 is 2.56 bits per heavy atom. The summed E-state index contributed by atoms with van der Waals surface area (Å²) in [5, 5.41) is 0. The number of hydrogen-bond acceptors (Lipinski definition) is 3. The lowest BCUT2D eigenvalue weighted by Crippen LogP contribution is -2.14. The molecule has 2 aromatic rings. The Kier molecular flexibility index (Phi) is 2.63. The fourth-order valence-corrected chi connectivity index (χ4v) is 3.35. The van der Waals surface area contributed by atoms with Crippen molar-refractivity contribution in [3.8, 4) is 0 Å². The molecule has 0 atom stereocenters. The van der Waals surface area contributed by atoms with Crippen molar-refractivity contribution in [1.29, 1.82) is 0 Å². The van der Waals surface area contributed by atoms with Gasteiger partial charge in [0.25, 0.3) is 0 Å². The normalized spacial score (nSPS) is 12.9. The van der Waals surface area contributed by atoms with Crippen molar-refractivity contribution < 1.29 is 4.79 Å². The quantitative estimate of drug-likeness (QED) is 0.715. The van der Waals surface area contributed by atoms with E-state index in [4.69, 9.17) is 0 Å². The molecule has 3 rings (SSSR count). The molecule has 0 saturated carbocycles. The Hall–Kier alpha value is -1.74. The van der Waals surface area contributed by atoms with Gasteiger partial charge in [0.05, 0.1) is 11.4 Å². The number of Topliss-reactive ketones (excluding diaryl/α,β-unsaturated/α-hetero) is 1. The maximum Gasteiger partial charge on any atom is 0.159 e. The molecule has 1 aliphatic heterocycles. The summed E-state index contributed by atoms with van der Waals surface area (Å²) < 4.78 is 0. The monoisotopic (exact) mass is 255 g/mol. The predicted molar refractivity (Wildman–Crippen MR) is 75.1 cm³/mol. The van der Waals surface area contributed by atoms with Crippen LogP contribution in [0.15, 0.2) is 52.3 Å². The highest BCUT2D eigenvalue weighted by molar-refractivity contribution is 7.99. The molecule has 0 aromatic heterocycles. The van der Waals surface area contributed by atoms with Gasteiger partial charge >= 0.3 is 0 Å². The molecular formula is C15H13NOS. The average Bonchev–Trinajstić information content (AvgIpc) is 2.38. The minimum Gasteiger partial charge on any atom is -0.343 e. The number of nitrogens with zero attached hydrogens (tertiary/aromatic N) is 1. The van der Waals surface area contributed by atoms with E-state index in [2.05, 4.69) is 24.1 Å². The Morgan fingerprint density at radius 1 is 1.06 bits per heavy atom. The van der Waals surface area contributed by atoms with E-state index >= 15 is 0 Å². The summed E-state index contributed by atoms with van der Waals surface area (Å²) in [5.74, 6) is 0.111. The lowest BCUT2D eigenvalue weighted by atomic mass is 10.1. The van der Waals surface area contributed by atoms with Crippen LogP contribution in [0.1, 0.15) is 17.3 Å². The zero-order chi connectivity index (χ0) is 12.7. The zero-order valence-corrected chi connectivity index (χ0v) is 11.1. The maximum atomic E-state index is 11.4. The second kappa shape index (κ2) is 4.18.